The molecule has 1 unspecified atom stereocenters. The monoisotopic (exact) mass is 391 g/mol. The predicted molar refractivity (Wildman–Crippen MR) is 99.2 cm³/mol. The molecule has 3 N–H and O–H groups in total. The minimum Gasteiger partial charge on any atom is -0.380 e. The number of hydrogen-bond donors (Lipinski definition) is 2. The lowest BCUT2D eigenvalue weighted by Crippen LogP contribution is -2.31. The number of hydrogen-bond acceptors (Lipinski definition) is 4. The van der Waals surface area contributed by atoms with Crippen molar-refractivity contribution in [1.29, 1.82) is 0 Å². The summed E-state index contributed by atoms with van der Waals surface area (Å²) in [7, 11) is 0. The van der Waals surface area contributed by atoms with Gasteiger partial charge in [0.25, 0.3) is 0 Å². The van der Waals surface area contributed by atoms with Crippen molar-refractivity contribution >= 4 is 22.7 Å². The Hall–Kier alpha value is -3.03. The van der Waals surface area contributed by atoms with E-state index in [2.05, 4.69) is 10.5 Å². The lowest BCUT2D eigenvalue weighted by molar-refractivity contribution is -0.137. The van der Waals surface area contributed by atoms with Crippen LogP contribution < -0.4 is 11.1 Å². The number of aromatic nitrogens is 1. The number of nitrogens with two attached hydrogens (primary N) is 1. The molecule has 0 saturated carbocycles. The molecule has 0 saturated heterocycles. The van der Waals surface area contributed by atoms with Gasteiger partial charge in [0.15, 0.2) is 11.4 Å². The molecule has 3 rings (SSSR count). The minimum absolute atomic E-state index is 0.153. The smallest absolute Gasteiger partial charge is 0.380 e. The Morgan fingerprint density at radius 2 is 1.86 bits per heavy atom. The van der Waals surface area contributed by atoms with Gasteiger partial charge in [0.1, 0.15) is 0 Å². The predicted octanol–water partition coefficient (Wildman–Crippen LogP) is 4.31. The maximum absolute atomic E-state index is 12.7. The van der Waals surface area contributed by atoms with Gasteiger partial charge in [-0.3, -0.25) is 4.79 Å². The number of alkyl halides is 3. The second-order valence-corrected chi connectivity index (χ2v) is 6.62. The molecule has 0 aliphatic rings. The number of halogens is 3. The van der Waals surface area contributed by atoms with Crippen LogP contribution >= 0.6 is 0 Å². The zero-order valence-corrected chi connectivity index (χ0v) is 15.2. The molecule has 0 fully saturated rings. The number of rotatable bonds is 6. The lowest BCUT2D eigenvalue weighted by Gasteiger charge is -2.16. The Labute approximate surface area is 159 Å². The summed E-state index contributed by atoms with van der Waals surface area (Å²) in [5.74, 6) is -0.172. The van der Waals surface area contributed by atoms with E-state index >= 15 is 0 Å². The molecule has 0 spiro atoms. The first-order valence-corrected chi connectivity index (χ1v) is 8.85. The van der Waals surface area contributed by atoms with Crippen molar-refractivity contribution in [3.8, 4) is 0 Å². The van der Waals surface area contributed by atoms with Crippen LogP contribution in [0.15, 0.2) is 47.0 Å². The van der Waals surface area contributed by atoms with Gasteiger partial charge in [-0.1, -0.05) is 30.3 Å². The molecular formula is C20H20F3N3O2. The van der Waals surface area contributed by atoms with Crippen LogP contribution in [-0.4, -0.2) is 11.1 Å². The number of nitrogens with one attached hydrogen (secondary N) is 1. The molecule has 28 heavy (non-hydrogen) atoms. The number of carbonyl (C=O) groups excluding carboxylic acids is 1. The highest BCUT2D eigenvalue weighted by molar-refractivity contribution is 5.87. The topological polar surface area (TPSA) is 81.2 Å². The van der Waals surface area contributed by atoms with Gasteiger partial charge in [0.2, 0.25) is 5.91 Å². The first-order valence-electron chi connectivity index (χ1n) is 8.85. The fraction of sp³-hybridized carbons (Fsp3) is 0.300. The molecule has 0 aliphatic carbocycles. The van der Waals surface area contributed by atoms with Crippen LogP contribution in [0.2, 0.25) is 0 Å². The van der Waals surface area contributed by atoms with Gasteiger partial charge in [0.05, 0.1) is 10.9 Å². The van der Waals surface area contributed by atoms with Gasteiger partial charge >= 0.3 is 6.18 Å². The molecule has 0 radical (unpaired) electrons. The Bertz CT molecular complexity index is 965. The van der Waals surface area contributed by atoms with E-state index in [1.807, 2.05) is 13.0 Å². The van der Waals surface area contributed by atoms with Gasteiger partial charge in [-0.15, -0.1) is 0 Å². The van der Waals surface area contributed by atoms with Crippen molar-refractivity contribution in [3.63, 3.8) is 0 Å². The molecule has 1 heterocycles. The number of nitrogens with zero attached hydrogens (tertiary/aromatic N) is 1. The van der Waals surface area contributed by atoms with Crippen molar-refractivity contribution in [2.45, 2.75) is 32.5 Å². The van der Waals surface area contributed by atoms with Crippen LogP contribution in [0.3, 0.4) is 0 Å². The Kier molecular flexibility index (Phi) is 5.58. The highest BCUT2D eigenvalue weighted by atomic mass is 19.4. The number of amides is 1. The number of benzene rings is 2. The molecule has 5 nitrogen and oxygen atoms in total. The minimum atomic E-state index is -4.37. The molecular weight excluding hydrogens is 371 g/mol. The Morgan fingerprint density at radius 1 is 1.18 bits per heavy atom. The fourth-order valence-electron chi connectivity index (χ4n) is 2.98. The third kappa shape index (κ3) is 4.44. The zero-order chi connectivity index (χ0) is 20.3. The SMILES string of the molecule is CCC(Cc1ccc(C(F)(F)F)cc1)C(=O)NCc1ccc2c(N)noc2c1. The average molecular weight is 391 g/mol. The van der Waals surface area contributed by atoms with Crippen LogP contribution in [0.4, 0.5) is 19.0 Å². The largest absolute Gasteiger partial charge is 0.416 e. The van der Waals surface area contributed by atoms with E-state index in [9.17, 15) is 18.0 Å². The third-order valence-electron chi connectivity index (χ3n) is 4.66. The fourth-order valence-corrected chi connectivity index (χ4v) is 2.98. The molecule has 2 aromatic carbocycles. The van der Waals surface area contributed by atoms with E-state index in [0.29, 0.717) is 41.7 Å². The van der Waals surface area contributed by atoms with Crippen molar-refractivity contribution in [2.24, 2.45) is 5.92 Å². The molecule has 0 aliphatic heterocycles. The molecule has 1 aromatic heterocycles. The summed E-state index contributed by atoms with van der Waals surface area (Å²) < 4.78 is 43.1. The maximum Gasteiger partial charge on any atom is 0.416 e. The molecule has 1 amide bonds. The third-order valence-corrected chi connectivity index (χ3v) is 4.66. The summed E-state index contributed by atoms with van der Waals surface area (Å²) in [6.07, 6.45) is -3.42. The van der Waals surface area contributed by atoms with E-state index in [0.717, 1.165) is 17.7 Å². The van der Waals surface area contributed by atoms with Crippen LogP contribution in [0.1, 0.15) is 30.0 Å². The summed E-state index contributed by atoms with van der Waals surface area (Å²) in [4.78, 5) is 12.5. The van der Waals surface area contributed by atoms with Crippen molar-refractivity contribution in [3.05, 3.63) is 59.2 Å². The van der Waals surface area contributed by atoms with E-state index in [1.165, 1.54) is 12.1 Å². The number of carbonyl (C=O) groups is 1. The Morgan fingerprint density at radius 3 is 2.50 bits per heavy atom. The molecule has 148 valence electrons. The molecule has 8 heteroatoms. The molecule has 3 aromatic rings. The van der Waals surface area contributed by atoms with Crippen LogP contribution in [0, 0.1) is 5.92 Å². The van der Waals surface area contributed by atoms with Gasteiger partial charge in [-0.25, -0.2) is 0 Å². The van der Waals surface area contributed by atoms with Crippen molar-refractivity contribution in [1.82, 2.24) is 10.5 Å². The Balaban J connectivity index is 1.61. The quantitative estimate of drug-likeness (QED) is 0.656. The normalized spacial score (nSPS) is 12.9. The number of nitrogen functional groups attached to an aromatic ring is 1. The molecule has 0 bridgehead atoms. The summed E-state index contributed by atoms with van der Waals surface area (Å²) >= 11 is 0. The van der Waals surface area contributed by atoms with Gasteiger partial charge < -0.3 is 15.6 Å². The summed E-state index contributed by atoms with van der Waals surface area (Å²) in [5.41, 5.74) is 7.04. The zero-order valence-electron chi connectivity index (χ0n) is 15.2. The number of anilines is 1. The van der Waals surface area contributed by atoms with E-state index in [4.69, 9.17) is 10.3 Å². The summed E-state index contributed by atoms with van der Waals surface area (Å²) in [5, 5.41) is 7.26. The van der Waals surface area contributed by atoms with E-state index < -0.39 is 11.7 Å². The summed E-state index contributed by atoms with van der Waals surface area (Å²) in [6, 6.07) is 10.3. The van der Waals surface area contributed by atoms with Crippen LogP contribution in [0.5, 0.6) is 0 Å². The first kappa shape index (κ1) is 19.7. The second kappa shape index (κ2) is 7.92. The number of fused-ring (bicyclic) bond motifs is 1. The van der Waals surface area contributed by atoms with Crippen LogP contribution in [-0.2, 0) is 23.9 Å². The summed E-state index contributed by atoms with van der Waals surface area (Å²) in [6.45, 7) is 2.18. The van der Waals surface area contributed by atoms with Crippen LogP contribution in [0.25, 0.3) is 11.0 Å². The lowest BCUT2D eigenvalue weighted by atomic mass is 9.95. The maximum atomic E-state index is 12.7. The van der Waals surface area contributed by atoms with Gasteiger partial charge in [0, 0.05) is 12.5 Å². The average Bonchev–Trinajstić information content (AvgIpc) is 3.04. The molecule has 1 atom stereocenters. The first-order chi connectivity index (χ1) is 13.3. The van der Waals surface area contributed by atoms with Crippen molar-refractivity contribution in [2.75, 3.05) is 5.73 Å². The highest BCUT2D eigenvalue weighted by Crippen LogP contribution is 2.29. The van der Waals surface area contributed by atoms with Gasteiger partial charge in [-0.2, -0.15) is 13.2 Å². The van der Waals surface area contributed by atoms with Gasteiger partial charge in [-0.05, 0) is 48.2 Å². The van der Waals surface area contributed by atoms with Crippen molar-refractivity contribution < 1.29 is 22.5 Å². The van der Waals surface area contributed by atoms with E-state index in [1.54, 1.807) is 12.1 Å². The standard InChI is InChI=1S/C20H20F3N3O2/c1-2-14(9-12-3-6-15(7-4-12)20(21,22)23)19(27)25-11-13-5-8-16-17(10-13)28-26-18(16)24/h3-8,10,14H,2,9,11H2,1H3,(H2,24,26)(H,25,27). The van der Waals surface area contributed by atoms with E-state index in [-0.39, 0.29) is 11.8 Å². The second-order valence-electron chi connectivity index (χ2n) is 6.62. The highest BCUT2D eigenvalue weighted by Gasteiger charge is 2.30.